The van der Waals surface area contributed by atoms with Crippen LogP contribution in [-0.2, 0) is 10.8 Å². The van der Waals surface area contributed by atoms with Gasteiger partial charge in [-0.2, -0.15) is 0 Å². The summed E-state index contributed by atoms with van der Waals surface area (Å²) in [4.78, 5) is 1.39. The number of anilines is 1. The lowest BCUT2D eigenvalue weighted by atomic mass is 9.50. The zero-order valence-electron chi connectivity index (χ0n) is 42.4. The van der Waals surface area contributed by atoms with Crippen LogP contribution in [0.4, 0.5) is 5.69 Å². The molecule has 1 spiro atoms. The van der Waals surface area contributed by atoms with Gasteiger partial charge in [0.15, 0.2) is 0 Å². The second-order valence-corrected chi connectivity index (χ2v) is 21.5. The number of nitrogens with two attached hydrogens (primary N) is 1. The Bertz CT molecular complexity index is 3820. The molecule has 0 fully saturated rings. The van der Waals surface area contributed by atoms with Crippen LogP contribution in [0.25, 0.3) is 45.0 Å². The van der Waals surface area contributed by atoms with Gasteiger partial charge in [0.25, 0.3) is 0 Å². The van der Waals surface area contributed by atoms with Crippen LogP contribution in [0.3, 0.4) is 0 Å². The van der Waals surface area contributed by atoms with Gasteiger partial charge in [-0.15, -0.1) is 11.8 Å². The molecule has 0 aromatic heterocycles. The Morgan fingerprint density at radius 2 is 1.12 bits per heavy atom. The summed E-state index contributed by atoms with van der Waals surface area (Å²) in [6, 6.07) is 80.0. The number of fused-ring (bicyclic) bond motifs is 12. The van der Waals surface area contributed by atoms with Crippen LogP contribution in [0.2, 0.25) is 0 Å². The van der Waals surface area contributed by atoms with Gasteiger partial charge >= 0.3 is 0 Å². The van der Waals surface area contributed by atoms with Gasteiger partial charge in [-0.05, 0) is 120 Å². The molecule has 1 heterocycles. The number of thioether (sulfide) groups is 1. The molecule has 4 aliphatic carbocycles. The van der Waals surface area contributed by atoms with Crippen LogP contribution >= 0.6 is 11.8 Å². The van der Waals surface area contributed by atoms with Gasteiger partial charge in [0, 0.05) is 21.8 Å². The lowest BCUT2D eigenvalue weighted by Crippen LogP contribution is -2.45. The third kappa shape index (κ3) is 7.70. The van der Waals surface area contributed by atoms with E-state index in [2.05, 4.69) is 268 Å². The van der Waals surface area contributed by atoms with Gasteiger partial charge in [-0.1, -0.05) is 285 Å². The fourth-order valence-corrected chi connectivity index (χ4v) is 14.6. The van der Waals surface area contributed by atoms with E-state index in [-0.39, 0.29) is 0 Å². The first-order valence-electron chi connectivity index (χ1n) is 26.6. The van der Waals surface area contributed by atoms with E-state index in [0.717, 1.165) is 18.5 Å². The van der Waals surface area contributed by atoms with Crippen LogP contribution in [-0.4, -0.2) is 5.25 Å². The lowest BCUT2D eigenvalue weighted by molar-refractivity contribution is 0.595. The molecule has 2 atom stereocenters. The highest BCUT2D eigenvalue weighted by atomic mass is 32.2. The molecular weight excluding hydrogens is 935 g/mol. The molecule has 2 N–H and O–H groups in total. The SMILES string of the molecule is C=C/C=C(\C=C/c1ccc(-c2ccccc2)cc1)c1cccc2c1SC1C=CC=CC21.Nc1ccc(-c2cccc3c2-c2ccccc2C32c3ccccc3C(C3=CC=CCC3)(c3ccccc3)c3ccccc32)cc1. The Balaban J connectivity index is 0.000000156. The van der Waals surface area contributed by atoms with Crippen molar-refractivity contribution in [3.8, 4) is 33.4 Å². The monoisotopic (exact) mass is 991 g/mol. The zero-order valence-corrected chi connectivity index (χ0v) is 43.2. The van der Waals surface area contributed by atoms with E-state index in [9.17, 15) is 0 Å². The summed E-state index contributed by atoms with van der Waals surface area (Å²) in [5, 5.41) is 0.501. The number of hydrogen-bond acceptors (Lipinski definition) is 2. The number of hydrogen-bond donors (Lipinski definition) is 1. The maximum absolute atomic E-state index is 6.14. The molecule has 9 aromatic rings. The van der Waals surface area contributed by atoms with Crippen LogP contribution in [0.1, 0.15) is 74.4 Å². The van der Waals surface area contributed by atoms with Crippen molar-refractivity contribution in [2.75, 3.05) is 5.73 Å². The highest BCUT2D eigenvalue weighted by Crippen LogP contribution is 2.66. The third-order valence-corrected chi connectivity index (χ3v) is 17.7. The molecule has 5 aliphatic rings. The minimum absolute atomic E-state index is 0.406. The predicted octanol–water partition coefficient (Wildman–Crippen LogP) is 18.5. The molecule has 9 aromatic carbocycles. The highest BCUT2D eigenvalue weighted by Gasteiger charge is 2.57. The average molecular weight is 992 g/mol. The Kier molecular flexibility index (Phi) is 12.3. The second kappa shape index (κ2) is 19.9. The number of rotatable bonds is 8. The van der Waals surface area contributed by atoms with Gasteiger partial charge in [0.05, 0.1) is 10.8 Å². The molecule has 0 radical (unpaired) electrons. The van der Waals surface area contributed by atoms with Gasteiger partial charge in [0.1, 0.15) is 0 Å². The lowest BCUT2D eigenvalue weighted by Gasteiger charge is -2.51. The van der Waals surface area contributed by atoms with Gasteiger partial charge in [-0.3, -0.25) is 0 Å². The zero-order chi connectivity index (χ0) is 51.1. The summed E-state index contributed by atoms with van der Waals surface area (Å²) < 4.78 is 0. The first-order chi connectivity index (χ1) is 37.6. The number of benzene rings is 9. The topological polar surface area (TPSA) is 26.0 Å². The minimum atomic E-state index is -0.466. The van der Waals surface area contributed by atoms with E-state index >= 15 is 0 Å². The van der Waals surface area contributed by atoms with Crippen molar-refractivity contribution in [1.82, 2.24) is 0 Å². The van der Waals surface area contributed by atoms with Crippen molar-refractivity contribution < 1.29 is 0 Å². The summed E-state index contributed by atoms with van der Waals surface area (Å²) >= 11 is 1.98. The molecule has 364 valence electrons. The summed E-state index contributed by atoms with van der Waals surface area (Å²) in [5.74, 6) is 0.476. The fraction of sp³-hybridized carbons (Fsp3) is 0.0811. The van der Waals surface area contributed by atoms with E-state index in [1.807, 2.05) is 36.0 Å². The molecule has 0 bridgehead atoms. The predicted molar refractivity (Wildman–Crippen MR) is 323 cm³/mol. The van der Waals surface area contributed by atoms with Crippen LogP contribution in [0, 0.1) is 0 Å². The number of nitrogen functional groups attached to an aromatic ring is 1. The molecule has 1 aliphatic heterocycles. The van der Waals surface area contributed by atoms with Crippen LogP contribution in [0.15, 0.2) is 296 Å². The molecule has 76 heavy (non-hydrogen) atoms. The van der Waals surface area contributed by atoms with Crippen molar-refractivity contribution in [2.24, 2.45) is 0 Å². The largest absolute Gasteiger partial charge is 0.399 e. The molecule has 0 saturated heterocycles. The maximum atomic E-state index is 6.14. The molecule has 1 nitrogen and oxygen atoms in total. The summed E-state index contributed by atoms with van der Waals surface area (Å²) in [7, 11) is 0. The Hall–Kier alpha value is -8.69. The quantitative estimate of drug-likeness (QED) is 0.121. The number of allylic oxidation sites excluding steroid dienone is 11. The first-order valence-corrected chi connectivity index (χ1v) is 27.5. The van der Waals surface area contributed by atoms with E-state index in [0.29, 0.717) is 11.2 Å². The third-order valence-electron chi connectivity index (χ3n) is 16.3. The van der Waals surface area contributed by atoms with Crippen molar-refractivity contribution in [3.05, 3.63) is 347 Å². The molecule has 2 heteroatoms. The van der Waals surface area contributed by atoms with Gasteiger partial charge in [-0.25, -0.2) is 0 Å². The molecular formula is C74H57NS. The average Bonchev–Trinajstić information content (AvgIpc) is 4.09. The smallest absolute Gasteiger partial charge is 0.0720 e. The van der Waals surface area contributed by atoms with E-state index in [4.69, 9.17) is 5.73 Å². The summed E-state index contributed by atoms with van der Waals surface area (Å²) in [6.07, 6.45) is 26.4. The van der Waals surface area contributed by atoms with Crippen molar-refractivity contribution in [1.29, 1.82) is 0 Å². The highest BCUT2D eigenvalue weighted by molar-refractivity contribution is 8.00. The van der Waals surface area contributed by atoms with Crippen LogP contribution in [0.5, 0.6) is 0 Å². The van der Waals surface area contributed by atoms with Crippen molar-refractivity contribution >= 4 is 29.1 Å². The van der Waals surface area contributed by atoms with E-state index in [1.165, 1.54) is 105 Å². The Morgan fingerprint density at radius 1 is 0.526 bits per heavy atom. The van der Waals surface area contributed by atoms with Gasteiger partial charge in [0.2, 0.25) is 0 Å². The molecule has 2 unspecified atom stereocenters. The molecule has 0 saturated carbocycles. The van der Waals surface area contributed by atoms with E-state index in [1.54, 1.807) is 0 Å². The Labute approximate surface area is 452 Å². The molecule has 0 amide bonds. The Morgan fingerprint density at radius 3 is 1.82 bits per heavy atom. The first kappa shape index (κ1) is 47.1. The van der Waals surface area contributed by atoms with Crippen molar-refractivity contribution in [2.45, 2.75) is 39.7 Å². The van der Waals surface area contributed by atoms with E-state index < -0.39 is 10.8 Å². The van der Waals surface area contributed by atoms with Crippen molar-refractivity contribution in [3.63, 3.8) is 0 Å². The standard InChI is InChI=1S/C44H33N.C30H24S/c45-33-28-26-30(27-29-33)34-19-13-25-41-42(34)35-18-7-8-20-36(35)44(41)39-23-11-9-21-37(39)43(31-14-3-1-4-15-31,32-16-5-2-6-17-32)38-22-10-12-24-40(38)44;1-2-9-25(21-18-22-16-19-24(20-17-22)23-10-4-3-5-11-23)26-13-8-14-28-27-12-6-7-15-29(27)31-30(26)28/h1-5,7-16,18-29H,6,17,45H2;2-21,27,29H,1H2/b;21-18-,25-9+. The van der Waals surface area contributed by atoms with Gasteiger partial charge < -0.3 is 5.73 Å². The summed E-state index contributed by atoms with van der Waals surface area (Å²) in [6.45, 7) is 3.95. The minimum Gasteiger partial charge on any atom is -0.399 e. The van der Waals surface area contributed by atoms with Crippen LogP contribution < -0.4 is 5.73 Å². The second-order valence-electron chi connectivity index (χ2n) is 20.3. The normalized spacial score (nSPS) is 20.1. The maximum Gasteiger partial charge on any atom is 0.0720 e. The molecule has 14 rings (SSSR count). The summed E-state index contributed by atoms with van der Waals surface area (Å²) in [5.41, 5.74) is 29.6. The fourth-order valence-electron chi connectivity index (χ4n) is 13.1.